The minimum absolute atomic E-state index is 0.142. The zero-order chi connectivity index (χ0) is 13.5. The van der Waals surface area contributed by atoms with Crippen molar-refractivity contribution in [3.05, 3.63) is 36.0 Å². The van der Waals surface area contributed by atoms with E-state index in [0.29, 0.717) is 37.0 Å². The largest absolute Gasteiger partial charge is 0.490 e. The molecule has 0 amide bonds. The molecule has 102 valence electrons. The zero-order valence-corrected chi connectivity index (χ0v) is 10.8. The predicted molar refractivity (Wildman–Crippen MR) is 69.8 cm³/mol. The molecule has 2 rings (SSSR count). The lowest BCUT2D eigenvalue weighted by Crippen LogP contribution is -2.06. The summed E-state index contributed by atoms with van der Waals surface area (Å²) < 4.78 is 16.1. The molecule has 1 N–H and O–H groups in total. The van der Waals surface area contributed by atoms with Crippen LogP contribution < -0.4 is 4.74 Å². The fraction of sp³-hybridized carbons (Fsp3) is 0.357. The minimum atomic E-state index is -0.142. The molecule has 5 nitrogen and oxygen atoms in total. The summed E-state index contributed by atoms with van der Waals surface area (Å²) in [5.74, 6) is 1.29. The molecule has 0 saturated carbocycles. The normalized spacial score (nSPS) is 10.6. The van der Waals surface area contributed by atoms with Crippen LogP contribution in [0.15, 0.2) is 34.9 Å². The summed E-state index contributed by atoms with van der Waals surface area (Å²) in [4.78, 5) is 0. The van der Waals surface area contributed by atoms with E-state index in [1.165, 1.54) is 0 Å². The molecule has 0 aliphatic rings. The van der Waals surface area contributed by atoms with E-state index in [4.69, 9.17) is 19.1 Å². The number of para-hydroxylation sites is 1. The number of benzene rings is 1. The van der Waals surface area contributed by atoms with Gasteiger partial charge in [0.1, 0.15) is 18.1 Å². The van der Waals surface area contributed by atoms with Gasteiger partial charge in [0, 0.05) is 12.7 Å². The fourth-order valence-corrected chi connectivity index (χ4v) is 1.66. The van der Waals surface area contributed by atoms with Crippen molar-refractivity contribution in [1.29, 1.82) is 0 Å². The van der Waals surface area contributed by atoms with Crippen molar-refractivity contribution in [2.45, 2.75) is 13.5 Å². The highest BCUT2D eigenvalue weighted by Gasteiger charge is 2.11. The predicted octanol–water partition coefficient (Wildman–Crippen LogP) is 2.25. The standard InChI is InChI=1S/C14H17NO4/c1-2-17-7-8-18-13-6-4-3-5-12(13)14-9-11(10-16)15-19-14/h3-6,9,16H,2,7-8,10H2,1H3. The molecule has 19 heavy (non-hydrogen) atoms. The van der Waals surface area contributed by atoms with Crippen LogP contribution >= 0.6 is 0 Å². The molecule has 0 aliphatic carbocycles. The molecule has 0 spiro atoms. The molecule has 0 radical (unpaired) electrons. The maximum Gasteiger partial charge on any atom is 0.170 e. The van der Waals surface area contributed by atoms with Gasteiger partial charge in [-0.05, 0) is 19.1 Å². The van der Waals surface area contributed by atoms with Crippen molar-refractivity contribution >= 4 is 0 Å². The van der Waals surface area contributed by atoms with Gasteiger partial charge in [-0.3, -0.25) is 0 Å². The van der Waals surface area contributed by atoms with Crippen LogP contribution in [-0.4, -0.2) is 30.1 Å². The maximum absolute atomic E-state index is 9.00. The molecular weight excluding hydrogens is 246 g/mol. The number of aliphatic hydroxyl groups excluding tert-OH is 1. The first-order valence-electron chi connectivity index (χ1n) is 6.21. The summed E-state index contributed by atoms with van der Waals surface area (Å²) >= 11 is 0. The lowest BCUT2D eigenvalue weighted by Gasteiger charge is -2.09. The number of nitrogens with zero attached hydrogens (tertiary/aromatic N) is 1. The Kier molecular flexibility index (Phi) is 4.94. The van der Waals surface area contributed by atoms with Gasteiger partial charge in [-0.15, -0.1) is 0 Å². The molecule has 1 aromatic carbocycles. The molecule has 5 heteroatoms. The van der Waals surface area contributed by atoms with Gasteiger partial charge in [-0.2, -0.15) is 0 Å². The van der Waals surface area contributed by atoms with Gasteiger partial charge in [0.2, 0.25) is 0 Å². The Bertz CT molecular complexity index is 510. The van der Waals surface area contributed by atoms with Crippen LogP contribution in [-0.2, 0) is 11.3 Å². The highest BCUT2D eigenvalue weighted by atomic mass is 16.5. The Morgan fingerprint density at radius 2 is 2.11 bits per heavy atom. The molecule has 1 aromatic heterocycles. The first kappa shape index (κ1) is 13.6. The van der Waals surface area contributed by atoms with Crippen molar-refractivity contribution in [1.82, 2.24) is 5.16 Å². The maximum atomic E-state index is 9.00. The van der Waals surface area contributed by atoms with Crippen molar-refractivity contribution in [3.8, 4) is 17.1 Å². The smallest absolute Gasteiger partial charge is 0.170 e. The van der Waals surface area contributed by atoms with Crippen LogP contribution in [0.1, 0.15) is 12.6 Å². The second-order valence-corrected chi connectivity index (χ2v) is 3.88. The average Bonchev–Trinajstić information content (AvgIpc) is 2.93. The van der Waals surface area contributed by atoms with Crippen LogP contribution in [0.5, 0.6) is 5.75 Å². The van der Waals surface area contributed by atoms with Crippen LogP contribution in [0.4, 0.5) is 0 Å². The zero-order valence-electron chi connectivity index (χ0n) is 10.8. The highest BCUT2D eigenvalue weighted by molar-refractivity contribution is 5.65. The van der Waals surface area contributed by atoms with E-state index in [1.807, 2.05) is 31.2 Å². The van der Waals surface area contributed by atoms with Gasteiger partial charge in [-0.25, -0.2) is 0 Å². The van der Waals surface area contributed by atoms with Crippen LogP contribution in [0.3, 0.4) is 0 Å². The summed E-state index contributed by atoms with van der Waals surface area (Å²) in [5.41, 5.74) is 1.31. The first-order valence-corrected chi connectivity index (χ1v) is 6.21. The Hall–Kier alpha value is -1.85. The third-order valence-corrected chi connectivity index (χ3v) is 2.56. The van der Waals surface area contributed by atoms with E-state index in [1.54, 1.807) is 6.07 Å². The monoisotopic (exact) mass is 263 g/mol. The van der Waals surface area contributed by atoms with E-state index in [0.717, 1.165) is 5.56 Å². The van der Waals surface area contributed by atoms with Gasteiger partial charge in [0.25, 0.3) is 0 Å². The molecule has 2 aromatic rings. The van der Waals surface area contributed by atoms with E-state index in [9.17, 15) is 0 Å². The quantitative estimate of drug-likeness (QED) is 0.776. The van der Waals surface area contributed by atoms with Crippen molar-refractivity contribution in [2.75, 3.05) is 19.8 Å². The van der Waals surface area contributed by atoms with E-state index >= 15 is 0 Å². The summed E-state index contributed by atoms with van der Waals surface area (Å²) in [6.45, 7) is 3.50. The number of hydrogen-bond acceptors (Lipinski definition) is 5. The Labute approximate surface area is 111 Å². The third kappa shape index (κ3) is 3.56. The Balaban J connectivity index is 2.11. The van der Waals surface area contributed by atoms with Gasteiger partial charge in [0.05, 0.1) is 18.8 Å². The van der Waals surface area contributed by atoms with Gasteiger partial charge >= 0.3 is 0 Å². The van der Waals surface area contributed by atoms with Gasteiger partial charge in [-0.1, -0.05) is 17.3 Å². The molecule has 0 unspecified atom stereocenters. The molecule has 0 saturated heterocycles. The van der Waals surface area contributed by atoms with E-state index < -0.39 is 0 Å². The lowest BCUT2D eigenvalue weighted by molar-refractivity contribution is 0.110. The molecule has 0 fully saturated rings. The summed E-state index contributed by atoms with van der Waals surface area (Å²) in [6, 6.07) is 9.24. The molecular formula is C14H17NO4. The molecule has 0 aliphatic heterocycles. The molecule has 0 atom stereocenters. The minimum Gasteiger partial charge on any atom is -0.490 e. The van der Waals surface area contributed by atoms with Crippen molar-refractivity contribution in [2.24, 2.45) is 0 Å². The number of aromatic nitrogens is 1. The number of hydrogen-bond donors (Lipinski definition) is 1. The fourth-order valence-electron chi connectivity index (χ4n) is 1.66. The highest BCUT2D eigenvalue weighted by Crippen LogP contribution is 2.30. The number of ether oxygens (including phenoxy) is 2. The topological polar surface area (TPSA) is 64.7 Å². The Morgan fingerprint density at radius 1 is 1.26 bits per heavy atom. The molecule has 1 heterocycles. The van der Waals surface area contributed by atoms with Crippen LogP contribution in [0, 0.1) is 0 Å². The first-order chi connectivity index (χ1) is 9.35. The number of aliphatic hydroxyl groups is 1. The van der Waals surface area contributed by atoms with Crippen LogP contribution in [0.2, 0.25) is 0 Å². The Morgan fingerprint density at radius 3 is 2.84 bits per heavy atom. The summed E-state index contributed by atoms with van der Waals surface area (Å²) in [5, 5.41) is 12.8. The van der Waals surface area contributed by atoms with Gasteiger partial charge in [0.15, 0.2) is 5.76 Å². The number of rotatable bonds is 7. The van der Waals surface area contributed by atoms with Gasteiger partial charge < -0.3 is 19.1 Å². The second-order valence-electron chi connectivity index (χ2n) is 3.88. The lowest BCUT2D eigenvalue weighted by atomic mass is 10.1. The van der Waals surface area contributed by atoms with E-state index in [-0.39, 0.29) is 6.61 Å². The van der Waals surface area contributed by atoms with E-state index in [2.05, 4.69) is 5.16 Å². The van der Waals surface area contributed by atoms with Crippen molar-refractivity contribution < 1.29 is 19.1 Å². The second kappa shape index (κ2) is 6.92. The summed E-state index contributed by atoms with van der Waals surface area (Å²) in [7, 11) is 0. The average molecular weight is 263 g/mol. The SMILES string of the molecule is CCOCCOc1ccccc1-c1cc(CO)no1. The molecule has 0 bridgehead atoms. The summed E-state index contributed by atoms with van der Waals surface area (Å²) in [6.07, 6.45) is 0. The third-order valence-electron chi connectivity index (χ3n) is 2.56. The van der Waals surface area contributed by atoms with Crippen molar-refractivity contribution in [3.63, 3.8) is 0 Å². The van der Waals surface area contributed by atoms with Crippen LogP contribution in [0.25, 0.3) is 11.3 Å².